The van der Waals surface area contributed by atoms with Gasteiger partial charge < -0.3 is 4.74 Å². The minimum Gasteiger partial charge on any atom is -0.469 e. The van der Waals surface area contributed by atoms with Crippen LogP contribution in [0.4, 0.5) is 0 Å². The van der Waals surface area contributed by atoms with Gasteiger partial charge in [-0.2, -0.15) is 0 Å². The van der Waals surface area contributed by atoms with Gasteiger partial charge in [-0.1, -0.05) is 13.3 Å². The maximum absolute atomic E-state index is 10.6. The van der Waals surface area contributed by atoms with E-state index in [1.165, 1.54) is 7.11 Å². The second kappa shape index (κ2) is 6.12. The van der Waals surface area contributed by atoms with E-state index in [1.54, 1.807) is 0 Å². The molecule has 0 aromatic heterocycles. The molecule has 0 aliphatic rings. The van der Waals surface area contributed by atoms with Gasteiger partial charge in [0, 0.05) is 0 Å². The number of methoxy groups -OCH3 is 1. The summed E-state index contributed by atoms with van der Waals surface area (Å²) in [5.74, 6) is -0.363. The van der Waals surface area contributed by atoms with Gasteiger partial charge in [0.1, 0.15) is 6.10 Å². The Morgan fingerprint density at radius 1 is 1.64 bits per heavy atom. The number of ether oxygens (including phenoxy) is 1. The molecule has 0 aliphatic heterocycles. The highest BCUT2D eigenvalue weighted by atomic mass is 17.1. The van der Waals surface area contributed by atoms with Crippen LogP contribution in [0.1, 0.15) is 26.2 Å². The largest absolute Gasteiger partial charge is 0.469 e. The van der Waals surface area contributed by atoms with Crippen molar-refractivity contribution in [3.63, 3.8) is 0 Å². The average molecular weight is 162 g/mol. The number of hydrogen-bond acceptors (Lipinski definition) is 4. The van der Waals surface area contributed by atoms with Gasteiger partial charge in [0.2, 0.25) is 0 Å². The van der Waals surface area contributed by atoms with Crippen molar-refractivity contribution in [2.24, 2.45) is 0 Å². The Balaban J connectivity index is 3.58. The minimum atomic E-state index is -0.424. The van der Waals surface area contributed by atoms with Crippen LogP contribution >= 0.6 is 0 Å². The molecule has 4 nitrogen and oxygen atoms in total. The lowest BCUT2D eigenvalue weighted by Crippen LogP contribution is -2.16. The smallest absolute Gasteiger partial charge is 0.308 e. The van der Waals surface area contributed by atoms with Crippen molar-refractivity contribution >= 4 is 5.97 Å². The van der Waals surface area contributed by atoms with Crippen LogP contribution in [-0.4, -0.2) is 24.4 Å². The number of carbonyl (C=O) groups is 1. The molecule has 0 fully saturated rings. The molecule has 0 aromatic rings. The Kier molecular flexibility index (Phi) is 5.78. The highest BCUT2D eigenvalue weighted by Gasteiger charge is 2.13. The predicted molar refractivity (Wildman–Crippen MR) is 39.0 cm³/mol. The van der Waals surface area contributed by atoms with Crippen LogP contribution in [0.15, 0.2) is 0 Å². The zero-order chi connectivity index (χ0) is 8.69. The number of esters is 1. The van der Waals surface area contributed by atoms with Crippen LogP contribution in [0.3, 0.4) is 0 Å². The highest BCUT2D eigenvalue weighted by molar-refractivity contribution is 5.69. The molecule has 1 N–H and O–H groups in total. The fourth-order valence-electron chi connectivity index (χ4n) is 0.783. The van der Waals surface area contributed by atoms with Gasteiger partial charge in [0.05, 0.1) is 13.5 Å². The summed E-state index contributed by atoms with van der Waals surface area (Å²) >= 11 is 0. The standard InChI is InChI=1S/C7H14O4/c1-3-4-6(11-9)5-7(8)10-2/h6,9H,3-5H2,1-2H3. The van der Waals surface area contributed by atoms with Crippen molar-refractivity contribution in [1.82, 2.24) is 0 Å². The topological polar surface area (TPSA) is 55.8 Å². The lowest BCUT2D eigenvalue weighted by molar-refractivity contribution is -0.280. The molecular formula is C7H14O4. The third-order valence-corrected chi connectivity index (χ3v) is 1.38. The normalized spacial score (nSPS) is 12.6. The van der Waals surface area contributed by atoms with E-state index in [0.29, 0.717) is 6.42 Å². The fraction of sp³-hybridized carbons (Fsp3) is 0.857. The van der Waals surface area contributed by atoms with Crippen molar-refractivity contribution in [1.29, 1.82) is 0 Å². The van der Waals surface area contributed by atoms with E-state index >= 15 is 0 Å². The molecule has 0 radical (unpaired) electrons. The van der Waals surface area contributed by atoms with Crippen molar-refractivity contribution in [3.8, 4) is 0 Å². The van der Waals surface area contributed by atoms with Gasteiger partial charge in [-0.3, -0.25) is 10.1 Å². The first-order valence-electron chi connectivity index (χ1n) is 3.61. The van der Waals surface area contributed by atoms with Crippen molar-refractivity contribution in [2.45, 2.75) is 32.3 Å². The molecule has 66 valence electrons. The molecule has 0 bridgehead atoms. The molecular weight excluding hydrogens is 148 g/mol. The maximum Gasteiger partial charge on any atom is 0.308 e. The number of hydrogen-bond donors (Lipinski definition) is 1. The number of carbonyl (C=O) groups excluding carboxylic acids is 1. The van der Waals surface area contributed by atoms with Crippen LogP contribution in [-0.2, 0) is 14.4 Å². The fourth-order valence-corrected chi connectivity index (χ4v) is 0.783. The summed E-state index contributed by atoms with van der Waals surface area (Å²) in [5, 5.41) is 8.29. The zero-order valence-corrected chi connectivity index (χ0v) is 6.87. The molecule has 0 saturated heterocycles. The molecule has 1 atom stereocenters. The summed E-state index contributed by atoms with van der Waals surface area (Å²) in [6, 6.07) is 0. The summed E-state index contributed by atoms with van der Waals surface area (Å²) in [5.41, 5.74) is 0. The molecule has 0 amide bonds. The third-order valence-electron chi connectivity index (χ3n) is 1.38. The molecule has 11 heavy (non-hydrogen) atoms. The Hall–Kier alpha value is -0.610. The molecule has 0 aromatic carbocycles. The molecule has 0 spiro atoms. The van der Waals surface area contributed by atoms with Gasteiger partial charge in [-0.05, 0) is 6.42 Å². The molecule has 4 heteroatoms. The second-order valence-electron chi connectivity index (χ2n) is 2.30. The van der Waals surface area contributed by atoms with E-state index in [0.717, 1.165) is 6.42 Å². The van der Waals surface area contributed by atoms with E-state index in [2.05, 4.69) is 9.62 Å². The first-order chi connectivity index (χ1) is 5.24. The first-order valence-corrected chi connectivity index (χ1v) is 3.61. The molecule has 0 rings (SSSR count). The van der Waals surface area contributed by atoms with Gasteiger partial charge in [0.25, 0.3) is 0 Å². The Bertz CT molecular complexity index is 113. The van der Waals surface area contributed by atoms with Crippen LogP contribution in [0, 0.1) is 0 Å². The lowest BCUT2D eigenvalue weighted by atomic mass is 10.1. The minimum absolute atomic E-state index is 0.112. The quantitative estimate of drug-likeness (QED) is 0.375. The molecule has 1 unspecified atom stereocenters. The predicted octanol–water partition coefficient (Wildman–Crippen LogP) is 1.21. The SMILES string of the molecule is CCCC(CC(=O)OC)OO. The summed E-state index contributed by atoms with van der Waals surface area (Å²) in [7, 11) is 1.31. The van der Waals surface area contributed by atoms with Crippen LogP contribution in [0.5, 0.6) is 0 Å². The second-order valence-corrected chi connectivity index (χ2v) is 2.30. The first kappa shape index (κ1) is 10.4. The molecule has 0 aliphatic carbocycles. The summed E-state index contributed by atoms with van der Waals surface area (Å²) in [6.07, 6.45) is 1.21. The van der Waals surface area contributed by atoms with E-state index in [-0.39, 0.29) is 12.4 Å². The van der Waals surface area contributed by atoms with Gasteiger partial charge in [-0.15, -0.1) is 0 Å². The maximum atomic E-state index is 10.6. The molecule has 0 saturated carbocycles. The van der Waals surface area contributed by atoms with Crippen LogP contribution in [0.25, 0.3) is 0 Å². The highest BCUT2D eigenvalue weighted by Crippen LogP contribution is 2.05. The van der Waals surface area contributed by atoms with Crippen LogP contribution < -0.4 is 0 Å². The van der Waals surface area contributed by atoms with Crippen molar-refractivity contribution in [3.05, 3.63) is 0 Å². The summed E-state index contributed by atoms with van der Waals surface area (Å²) in [6.45, 7) is 1.95. The van der Waals surface area contributed by atoms with E-state index < -0.39 is 6.10 Å². The Morgan fingerprint density at radius 3 is 2.64 bits per heavy atom. The van der Waals surface area contributed by atoms with E-state index in [1.807, 2.05) is 6.92 Å². The van der Waals surface area contributed by atoms with Crippen molar-refractivity contribution < 1.29 is 19.7 Å². The van der Waals surface area contributed by atoms with Gasteiger partial charge in [0.15, 0.2) is 0 Å². The average Bonchev–Trinajstić information content (AvgIpc) is 2.03. The number of rotatable bonds is 5. The van der Waals surface area contributed by atoms with Crippen LogP contribution in [0.2, 0.25) is 0 Å². The van der Waals surface area contributed by atoms with E-state index in [9.17, 15) is 4.79 Å². The van der Waals surface area contributed by atoms with Crippen molar-refractivity contribution in [2.75, 3.05) is 7.11 Å². The van der Waals surface area contributed by atoms with E-state index in [4.69, 9.17) is 5.26 Å². The summed E-state index contributed by atoms with van der Waals surface area (Å²) in [4.78, 5) is 14.7. The molecule has 0 heterocycles. The zero-order valence-electron chi connectivity index (χ0n) is 6.87. The Labute approximate surface area is 66.0 Å². The summed E-state index contributed by atoms with van der Waals surface area (Å²) < 4.78 is 4.40. The lowest BCUT2D eigenvalue weighted by Gasteiger charge is -2.09. The van der Waals surface area contributed by atoms with Gasteiger partial charge >= 0.3 is 5.97 Å². The monoisotopic (exact) mass is 162 g/mol. The Morgan fingerprint density at radius 2 is 2.27 bits per heavy atom. The van der Waals surface area contributed by atoms with Gasteiger partial charge in [-0.25, -0.2) is 4.89 Å². The third kappa shape index (κ3) is 4.75.